The number of anilines is 1. The number of hydrogen-bond donors (Lipinski definition) is 2. The van der Waals surface area contributed by atoms with E-state index in [1.807, 2.05) is 32.5 Å². The van der Waals surface area contributed by atoms with Gasteiger partial charge < -0.3 is 9.53 Å². The summed E-state index contributed by atoms with van der Waals surface area (Å²) in [5.41, 5.74) is 0.402. The van der Waals surface area contributed by atoms with E-state index < -0.39 is 20.9 Å². The molecular formula is C25H40ClN5O6SSi. The molecule has 2 N–H and O–H groups in total. The Morgan fingerprint density at radius 2 is 1.95 bits per heavy atom. The minimum absolute atomic E-state index is 0.0137. The number of carbonyl (C=O) groups excluding carboxylic acids is 2. The Morgan fingerprint density at radius 3 is 2.56 bits per heavy atom. The maximum atomic E-state index is 12.9. The van der Waals surface area contributed by atoms with Crippen LogP contribution < -0.4 is 5.32 Å². The minimum Gasteiger partial charge on any atom is -0.409 e. The molecule has 2 aromatic heterocycles. The van der Waals surface area contributed by atoms with E-state index in [0.29, 0.717) is 10.5 Å². The average molecular weight is 602 g/mol. The molecule has 3 heterocycles. The van der Waals surface area contributed by atoms with Crippen LogP contribution in [0.15, 0.2) is 6.33 Å². The summed E-state index contributed by atoms with van der Waals surface area (Å²) in [7, 11) is -3.23. The highest BCUT2D eigenvalue weighted by Crippen LogP contribution is 2.38. The van der Waals surface area contributed by atoms with Crippen molar-refractivity contribution < 1.29 is 28.6 Å². The van der Waals surface area contributed by atoms with Gasteiger partial charge in [-0.25, -0.2) is 9.87 Å². The summed E-state index contributed by atoms with van der Waals surface area (Å²) in [6.07, 6.45) is 0.712. The van der Waals surface area contributed by atoms with E-state index >= 15 is 0 Å². The lowest BCUT2D eigenvalue weighted by Gasteiger charge is -2.34. The van der Waals surface area contributed by atoms with E-state index in [1.165, 1.54) is 10.9 Å². The third-order valence-electron chi connectivity index (χ3n) is 6.59. The van der Waals surface area contributed by atoms with Gasteiger partial charge >= 0.3 is 8.56 Å². The number of carbonyl (C=O) groups is 2. The van der Waals surface area contributed by atoms with Crippen molar-refractivity contribution in [1.29, 1.82) is 0 Å². The van der Waals surface area contributed by atoms with Gasteiger partial charge in [0.05, 0.1) is 12.4 Å². The van der Waals surface area contributed by atoms with Crippen LogP contribution in [0.5, 0.6) is 0 Å². The fourth-order valence-corrected chi connectivity index (χ4v) is 8.61. The summed E-state index contributed by atoms with van der Waals surface area (Å²) >= 11 is 8.14. The van der Waals surface area contributed by atoms with Crippen molar-refractivity contribution in [3.8, 4) is 0 Å². The number of aromatic nitrogens is 4. The second kappa shape index (κ2) is 13.4. The lowest BCUT2D eigenvalue weighted by Crippen LogP contribution is -2.47. The zero-order chi connectivity index (χ0) is 29.1. The molecule has 2 aromatic rings. The van der Waals surface area contributed by atoms with Crippen LogP contribution in [0.2, 0.25) is 16.2 Å². The first kappa shape index (κ1) is 31.9. The van der Waals surface area contributed by atoms with Gasteiger partial charge in [-0.2, -0.15) is 21.7 Å². The largest absolute Gasteiger partial charge is 0.409 e. The zero-order valence-corrected chi connectivity index (χ0v) is 26.4. The molecule has 1 aliphatic rings. The Kier molecular flexibility index (Phi) is 10.9. The van der Waals surface area contributed by atoms with Crippen molar-refractivity contribution >= 4 is 60.7 Å². The highest BCUT2D eigenvalue weighted by molar-refractivity contribution is 8.00. The predicted molar refractivity (Wildman–Crippen MR) is 154 cm³/mol. The van der Waals surface area contributed by atoms with Crippen molar-refractivity contribution in [3.05, 3.63) is 11.5 Å². The molecule has 5 atom stereocenters. The van der Waals surface area contributed by atoms with Gasteiger partial charge in [0.15, 0.2) is 22.8 Å². The summed E-state index contributed by atoms with van der Waals surface area (Å²) in [4.78, 5) is 54.6. The van der Waals surface area contributed by atoms with Crippen molar-refractivity contribution in [2.75, 3.05) is 11.9 Å². The molecule has 0 bridgehead atoms. The van der Waals surface area contributed by atoms with Gasteiger partial charge in [-0.15, -0.1) is 0 Å². The first-order valence-corrected chi connectivity index (χ1v) is 16.6. The summed E-state index contributed by atoms with van der Waals surface area (Å²) in [6, 6.07) is 0. The number of amides is 1. The molecule has 14 heteroatoms. The first-order chi connectivity index (χ1) is 18.2. The van der Waals surface area contributed by atoms with E-state index in [9.17, 15) is 14.4 Å². The molecule has 11 nitrogen and oxygen atoms in total. The zero-order valence-electron chi connectivity index (χ0n) is 23.8. The number of rotatable bonds is 13. The van der Waals surface area contributed by atoms with Gasteiger partial charge in [0.1, 0.15) is 12.1 Å². The normalized spacial score (nSPS) is 21.2. The van der Waals surface area contributed by atoms with Crippen LogP contribution in [0.1, 0.15) is 74.5 Å². The van der Waals surface area contributed by atoms with Gasteiger partial charge in [-0.05, 0) is 17.2 Å². The molecular weight excluding hydrogens is 562 g/mol. The van der Waals surface area contributed by atoms with E-state index in [1.54, 1.807) is 13.8 Å². The Hall–Kier alpha value is -1.61. The molecule has 0 saturated carbocycles. The van der Waals surface area contributed by atoms with Crippen molar-refractivity contribution in [2.45, 2.75) is 102 Å². The number of ether oxygens (including phenoxy) is 1. The highest BCUT2D eigenvalue weighted by atomic mass is 35.5. The highest BCUT2D eigenvalue weighted by Gasteiger charge is 2.46. The molecule has 1 aliphatic heterocycles. The fraction of sp³-hybridized carbons (Fsp3) is 0.720. The SMILES string of the molecule is CC(C)SC(C)CC(C)[Si](O)(OOC[C@@H]1CC(=O)[C@H](n2cnc3c(Cl)nc(NC(=O)C(C)C)nc32)O1)C(C)C. The number of imidazole rings is 1. The Labute approximate surface area is 239 Å². The quantitative estimate of drug-likeness (QED) is 0.139. The van der Waals surface area contributed by atoms with Crippen molar-refractivity contribution in [1.82, 2.24) is 19.5 Å². The van der Waals surface area contributed by atoms with Crippen LogP contribution in [0.3, 0.4) is 0 Å². The van der Waals surface area contributed by atoms with Crippen LogP contribution in [-0.2, 0) is 23.8 Å². The molecule has 1 fully saturated rings. The fourth-order valence-electron chi connectivity index (χ4n) is 4.45. The van der Waals surface area contributed by atoms with Crippen molar-refractivity contribution in [3.63, 3.8) is 0 Å². The van der Waals surface area contributed by atoms with Crippen molar-refractivity contribution in [2.24, 2.45) is 5.92 Å². The topological polar surface area (TPSA) is 138 Å². The number of halogens is 1. The standard InChI is InChI=1S/C25H40ClN5O6SSi/c1-13(2)23(33)30-25-28-21(26)20-22(29-25)31(12-27-20)24-19(32)10-18(36-24)11-35-37-39(34,15(5)6)17(8)9-16(7)38-14(3)4/h12-18,24,34H,9-11H2,1-8H3,(H,28,29,30,33)/t16?,17?,18-,24+,39?/m0/s1. The van der Waals surface area contributed by atoms with Crippen LogP contribution in [0.25, 0.3) is 11.2 Å². The van der Waals surface area contributed by atoms with Gasteiger partial charge in [0, 0.05) is 23.1 Å². The maximum Gasteiger partial charge on any atom is 0.377 e. The molecule has 218 valence electrons. The number of thioether (sulfide) groups is 1. The first-order valence-electron chi connectivity index (χ1n) is 13.3. The van der Waals surface area contributed by atoms with Crippen LogP contribution in [0.4, 0.5) is 5.95 Å². The van der Waals surface area contributed by atoms with Gasteiger partial charge in [0.25, 0.3) is 0 Å². The van der Waals surface area contributed by atoms with Gasteiger partial charge in [-0.3, -0.25) is 24.0 Å². The summed E-state index contributed by atoms with van der Waals surface area (Å²) in [5.74, 6) is -0.735. The molecule has 3 rings (SSSR count). The summed E-state index contributed by atoms with van der Waals surface area (Å²) in [6.45, 7) is 15.8. The number of ketones is 1. The minimum atomic E-state index is -3.23. The molecule has 39 heavy (non-hydrogen) atoms. The van der Waals surface area contributed by atoms with Gasteiger partial charge in [-0.1, -0.05) is 67.0 Å². The van der Waals surface area contributed by atoms with E-state index in [0.717, 1.165) is 6.42 Å². The lowest BCUT2D eigenvalue weighted by atomic mass is 10.2. The molecule has 1 amide bonds. The summed E-state index contributed by atoms with van der Waals surface area (Å²) < 4.78 is 13.2. The average Bonchev–Trinajstić information content (AvgIpc) is 3.41. The van der Waals surface area contributed by atoms with E-state index in [4.69, 9.17) is 25.8 Å². The van der Waals surface area contributed by atoms with Crippen LogP contribution >= 0.6 is 23.4 Å². The Balaban J connectivity index is 1.66. The Bertz CT molecular complexity index is 1170. The number of nitrogens with zero attached hydrogens (tertiary/aromatic N) is 4. The van der Waals surface area contributed by atoms with Crippen LogP contribution in [0, 0.1) is 5.92 Å². The predicted octanol–water partition coefficient (Wildman–Crippen LogP) is 5.03. The van der Waals surface area contributed by atoms with Crippen LogP contribution in [-0.4, -0.2) is 67.8 Å². The molecule has 0 radical (unpaired) electrons. The third kappa shape index (κ3) is 7.78. The second-order valence-electron chi connectivity index (χ2n) is 11.0. The number of hydrogen-bond acceptors (Lipinski definition) is 10. The second-order valence-corrected chi connectivity index (χ2v) is 17.2. The summed E-state index contributed by atoms with van der Waals surface area (Å²) in [5, 5.41) is 3.54. The van der Waals surface area contributed by atoms with E-state index in [-0.39, 0.29) is 64.0 Å². The Morgan fingerprint density at radius 1 is 1.26 bits per heavy atom. The lowest BCUT2D eigenvalue weighted by molar-refractivity contribution is -0.252. The monoisotopic (exact) mass is 601 g/mol. The number of Topliss-reactive ketones (excluding diaryl/α,β-unsaturated/α-hetero) is 1. The smallest absolute Gasteiger partial charge is 0.377 e. The molecule has 1 saturated heterocycles. The van der Waals surface area contributed by atoms with E-state index in [2.05, 4.69) is 41.0 Å². The number of nitrogens with one attached hydrogen (secondary N) is 1. The van der Waals surface area contributed by atoms with Gasteiger partial charge in [0.2, 0.25) is 11.9 Å². The number of fused-ring (bicyclic) bond motifs is 1. The molecule has 3 unspecified atom stereocenters. The molecule has 0 aliphatic carbocycles. The third-order valence-corrected chi connectivity index (χ3v) is 11.7. The maximum absolute atomic E-state index is 12.9. The molecule has 0 spiro atoms. The molecule has 0 aromatic carbocycles.